The lowest BCUT2D eigenvalue weighted by Crippen LogP contribution is -2.29. The van der Waals surface area contributed by atoms with Gasteiger partial charge < -0.3 is 10.8 Å². The van der Waals surface area contributed by atoms with E-state index >= 15 is 0 Å². The Balaban J connectivity index is 1.92. The first-order chi connectivity index (χ1) is 8.15. The topological polar surface area (TPSA) is 49.5 Å². The Bertz CT molecular complexity index is 387. The van der Waals surface area contributed by atoms with Gasteiger partial charge in [0, 0.05) is 25.6 Å². The minimum absolute atomic E-state index is 0.315. The molecule has 1 fully saturated rings. The molecule has 2 rings (SSSR count). The highest BCUT2D eigenvalue weighted by atomic mass is 32.1. The third kappa shape index (κ3) is 3.98. The van der Waals surface area contributed by atoms with Crippen LogP contribution in [0.1, 0.15) is 24.8 Å². The van der Waals surface area contributed by atoms with Crippen molar-refractivity contribution in [1.29, 1.82) is 0 Å². The molecule has 1 aromatic rings. The van der Waals surface area contributed by atoms with Gasteiger partial charge in [0.2, 0.25) is 0 Å². The Hall–Kier alpha value is -1.13. The number of aromatic hydroxyl groups is 1. The van der Waals surface area contributed by atoms with Crippen LogP contribution in [0.2, 0.25) is 0 Å². The molecule has 0 aromatic heterocycles. The molecule has 0 aliphatic heterocycles. The van der Waals surface area contributed by atoms with Crippen LogP contribution >= 0.6 is 12.2 Å². The highest BCUT2D eigenvalue weighted by Crippen LogP contribution is 2.28. The van der Waals surface area contributed by atoms with Crippen LogP contribution in [0, 0.1) is 0 Å². The molecule has 0 atom stereocenters. The lowest BCUT2D eigenvalue weighted by atomic mass is 10.2. The van der Waals surface area contributed by atoms with Crippen molar-refractivity contribution in [3.8, 4) is 5.75 Å². The Morgan fingerprint density at radius 1 is 1.35 bits per heavy atom. The van der Waals surface area contributed by atoms with Gasteiger partial charge in [-0.15, -0.1) is 0 Å². The number of rotatable bonds is 6. The predicted octanol–water partition coefficient (Wildman–Crippen LogP) is 2.03. The van der Waals surface area contributed by atoms with Crippen LogP contribution in [0.4, 0.5) is 0 Å². The average Bonchev–Trinajstić information content (AvgIpc) is 3.10. The monoisotopic (exact) mass is 250 g/mol. The fourth-order valence-electron chi connectivity index (χ4n) is 1.92. The van der Waals surface area contributed by atoms with E-state index in [4.69, 9.17) is 18.0 Å². The second-order valence-corrected chi connectivity index (χ2v) is 5.11. The van der Waals surface area contributed by atoms with Crippen molar-refractivity contribution < 1.29 is 5.11 Å². The molecule has 0 saturated heterocycles. The van der Waals surface area contributed by atoms with Crippen LogP contribution in [0.5, 0.6) is 5.75 Å². The Labute approximate surface area is 107 Å². The average molecular weight is 250 g/mol. The van der Waals surface area contributed by atoms with E-state index in [9.17, 15) is 5.11 Å². The molecule has 0 heterocycles. The minimum Gasteiger partial charge on any atom is -0.508 e. The summed E-state index contributed by atoms with van der Waals surface area (Å²) in [7, 11) is 0. The summed E-state index contributed by atoms with van der Waals surface area (Å²) in [5.74, 6) is 0.315. The zero-order valence-corrected chi connectivity index (χ0v) is 10.6. The molecule has 4 heteroatoms. The summed E-state index contributed by atoms with van der Waals surface area (Å²) in [6.45, 7) is 1.84. The van der Waals surface area contributed by atoms with Crippen LogP contribution in [0.15, 0.2) is 24.3 Å². The number of phenols is 1. The van der Waals surface area contributed by atoms with Gasteiger partial charge >= 0.3 is 0 Å². The van der Waals surface area contributed by atoms with Gasteiger partial charge in [-0.3, -0.25) is 4.90 Å². The molecule has 3 nitrogen and oxygen atoms in total. The molecule has 1 saturated carbocycles. The van der Waals surface area contributed by atoms with E-state index in [0.29, 0.717) is 16.8 Å². The molecule has 3 N–H and O–H groups in total. The van der Waals surface area contributed by atoms with Crippen molar-refractivity contribution in [1.82, 2.24) is 4.90 Å². The summed E-state index contributed by atoms with van der Waals surface area (Å²) in [4.78, 5) is 3.01. The van der Waals surface area contributed by atoms with Crippen molar-refractivity contribution in [3.05, 3.63) is 29.8 Å². The van der Waals surface area contributed by atoms with Gasteiger partial charge in [-0.1, -0.05) is 24.4 Å². The highest BCUT2D eigenvalue weighted by molar-refractivity contribution is 7.80. The zero-order chi connectivity index (χ0) is 12.3. The standard InChI is InChI=1S/C13H18N2OS/c14-13(17)7-8-15(11-3-4-11)9-10-1-5-12(16)6-2-10/h1-2,5-6,11,16H,3-4,7-9H2,(H2,14,17). The number of nitrogens with zero attached hydrogens (tertiary/aromatic N) is 1. The second kappa shape index (κ2) is 5.47. The van der Waals surface area contributed by atoms with Gasteiger partial charge in [0.05, 0.1) is 4.99 Å². The second-order valence-electron chi connectivity index (χ2n) is 4.58. The van der Waals surface area contributed by atoms with E-state index in [1.165, 1.54) is 18.4 Å². The summed E-state index contributed by atoms with van der Waals surface area (Å²) in [5.41, 5.74) is 6.77. The Morgan fingerprint density at radius 2 is 2.00 bits per heavy atom. The fourth-order valence-corrected chi connectivity index (χ4v) is 2.01. The third-order valence-corrected chi connectivity index (χ3v) is 3.23. The molecule has 1 aliphatic rings. The molecule has 0 spiro atoms. The van der Waals surface area contributed by atoms with Gasteiger partial charge in [-0.2, -0.15) is 0 Å². The van der Waals surface area contributed by atoms with Gasteiger partial charge in [-0.25, -0.2) is 0 Å². The first kappa shape index (κ1) is 12.3. The summed E-state index contributed by atoms with van der Waals surface area (Å²) in [6.07, 6.45) is 3.33. The molecule has 0 bridgehead atoms. The highest BCUT2D eigenvalue weighted by Gasteiger charge is 2.28. The van der Waals surface area contributed by atoms with Crippen LogP contribution in [0.3, 0.4) is 0 Å². The molecule has 0 unspecified atom stereocenters. The number of hydrogen-bond donors (Lipinski definition) is 2. The van der Waals surface area contributed by atoms with Gasteiger partial charge in [0.1, 0.15) is 5.75 Å². The van der Waals surface area contributed by atoms with E-state index in [0.717, 1.165) is 19.5 Å². The number of hydrogen-bond acceptors (Lipinski definition) is 3. The molecule has 92 valence electrons. The minimum atomic E-state index is 0.315. The van der Waals surface area contributed by atoms with Crippen LogP contribution in [-0.4, -0.2) is 27.6 Å². The molecule has 1 aromatic carbocycles. The van der Waals surface area contributed by atoms with Crippen LogP contribution in [0.25, 0.3) is 0 Å². The van der Waals surface area contributed by atoms with E-state index in [2.05, 4.69) is 4.90 Å². The van der Waals surface area contributed by atoms with Gasteiger partial charge in [0.15, 0.2) is 0 Å². The summed E-state index contributed by atoms with van der Waals surface area (Å²) in [6, 6.07) is 8.08. The number of phenolic OH excluding ortho intramolecular Hbond substituents is 1. The van der Waals surface area contributed by atoms with Crippen LogP contribution < -0.4 is 5.73 Å². The number of benzene rings is 1. The summed E-state index contributed by atoms with van der Waals surface area (Å²) in [5, 5.41) is 9.24. The lowest BCUT2D eigenvalue weighted by molar-refractivity contribution is 0.262. The summed E-state index contributed by atoms with van der Waals surface area (Å²) >= 11 is 4.92. The molecular weight excluding hydrogens is 232 g/mol. The zero-order valence-electron chi connectivity index (χ0n) is 9.80. The first-order valence-corrected chi connectivity index (χ1v) is 6.36. The lowest BCUT2D eigenvalue weighted by Gasteiger charge is -2.21. The van der Waals surface area contributed by atoms with E-state index in [1.54, 1.807) is 12.1 Å². The normalized spacial score (nSPS) is 15.1. The maximum atomic E-state index is 9.24. The predicted molar refractivity (Wildman–Crippen MR) is 72.9 cm³/mol. The maximum absolute atomic E-state index is 9.24. The number of nitrogens with two attached hydrogens (primary N) is 1. The quantitative estimate of drug-likeness (QED) is 0.759. The summed E-state index contributed by atoms with van der Waals surface area (Å²) < 4.78 is 0. The van der Waals surface area contributed by atoms with E-state index in [-0.39, 0.29) is 0 Å². The molecule has 17 heavy (non-hydrogen) atoms. The van der Waals surface area contributed by atoms with Gasteiger partial charge in [0.25, 0.3) is 0 Å². The maximum Gasteiger partial charge on any atom is 0.115 e. The smallest absolute Gasteiger partial charge is 0.115 e. The van der Waals surface area contributed by atoms with Crippen LogP contribution in [-0.2, 0) is 6.54 Å². The largest absolute Gasteiger partial charge is 0.508 e. The van der Waals surface area contributed by atoms with E-state index < -0.39 is 0 Å². The van der Waals surface area contributed by atoms with Gasteiger partial charge in [-0.05, 0) is 30.5 Å². The Morgan fingerprint density at radius 3 is 2.53 bits per heavy atom. The van der Waals surface area contributed by atoms with Crippen molar-refractivity contribution in [2.24, 2.45) is 5.73 Å². The molecular formula is C13H18N2OS. The molecule has 0 amide bonds. The first-order valence-electron chi connectivity index (χ1n) is 5.95. The Kier molecular flexibility index (Phi) is 3.97. The van der Waals surface area contributed by atoms with Crippen molar-refractivity contribution in [2.75, 3.05) is 6.54 Å². The SMILES string of the molecule is NC(=S)CCN(Cc1ccc(O)cc1)C1CC1. The van der Waals surface area contributed by atoms with Crippen molar-refractivity contribution >= 4 is 17.2 Å². The van der Waals surface area contributed by atoms with Crippen molar-refractivity contribution in [3.63, 3.8) is 0 Å². The van der Waals surface area contributed by atoms with Crippen molar-refractivity contribution in [2.45, 2.75) is 31.8 Å². The number of thiocarbonyl (C=S) groups is 1. The molecule has 0 radical (unpaired) electrons. The third-order valence-electron chi connectivity index (χ3n) is 3.03. The fraction of sp³-hybridized carbons (Fsp3) is 0.462. The molecule has 1 aliphatic carbocycles. The van der Waals surface area contributed by atoms with E-state index in [1.807, 2.05) is 12.1 Å².